The molecule has 7 heteroatoms. The Morgan fingerprint density at radius 3 is 2.55 bits per heavy atom. The van der Waals surface area contributed by atoms with Crippen LogP contribution in [0.3, 0.4) is 0 Å². The van der Waals surface area contributed by atoms with Gasteiger partial charge in [-0.1, -0.05) is 6.92 Å². The van der Waals surface area contributed by atoms with Crippen LogP contribution in [-0.4, -0.2) is 92.0 Å². The van der Waals surface area contributed by atoms with Crippen LogP contribution >= 0.6 is 0 Å². The Bertz CT molecular complexity index is 673. The third-order valence-corrected chi connectivity index (χ3v) is 6.03. The zero-order valence-corrected chi connectivity index (χ0v) is 17.7. The van der Waals surface area contributed by atoms with Gasteiger partial charge in [0.15, 0.2) is 0 Å². The molecule has 1 N–H and O–H groups in total. The topological polar surface area (TPSA) is 65.1 Å². The van der Waals surface area contributed by atoms with Crippen molar-refractivity contribution in [3.63, 3.8) is 0 Å². The summed E-state index contributed by atoms with van der Waals surface area (Å²) >= 11 is 0. The summed E-state index contributed by atoms with van der Waals surface area (Å²) in [4.78, 5) is 32.1. The zero-order valence-electron chi connectivity index (χ0n) is 17.7. The molecule has 160 valence electrons. The second kappa shape index (κ2) is 10.6. The van der Waals surface area contributed by atoms with Crippen LogP contribution in [0.1, 0.15) is 36.5 Å². The van der Waals surface area contributed by atoms with Crippen LogP contribution < -0.4 is 10.1 Å². The standard InChI is InChI=1S/C22H34N4O3/c1-3-24-13-4-5-19(24)17-26(14-10-21(27)25-15-11-23-12-16-25)22(28)18-6-8-20(29-2)9-7-18/h6-9,19,23H,3-5,10-17H2,1-2H3. The number of carbonyl (C=O) groups is 2. The smallest absolute Gasteiger partial charge is 0.253 e. The van der Waals surface area contributed by atoms with E-state index in [0.29, 0.717) is 31.1 Å². The molecule has 7 nitrogen and oxygen atoms in total. The summed E-state index contributed by atoms with van der Waals surface area (Å²) in [6.07, 6.45) is 2.65. The highest BCUT2D eigenvalue weighted by Gasteiger charge is 2.28. The van der Waals surface area contributed by atoms with Gasteiger partial charge in [0, 0.05) is 57.3 Å². The molecule has 1 aromatic carbocycles. The molecule has 1 aromatic rings. The fourth-order valence-corrected chi connectivity index (χ4v) is 4.27. The molecule has 2 fully saturated rings. The third-order valence-electron chi connectivity index (χ3n) is 6.03. The Morgan fingerprint density at radius 1 is 1.17 bits per heavy atom. The van der Waals surface area contributed by atoms with Crippen molar-refractivity contribution in [1.82, 2.24) is 20.0 Å². The molecule has 2 saturated heterocycles. The van der Waals surface area contributed by atoms with E-state index in [1.807, 2.05) is 21.9 Å². The highest BCUT2D eigenvalue weighted by atomic mass is 16.5. The van der Waals surface area contributed by atoms with Gasteiger partial charge in [-0.15, -0.1) is 0 Å². The fourth-order valence-electron chi connectivity index (χ4n) is 4.27. The lowest BCUT2D eigenvalue weighted by Gasteiger charge is -2.32. The van der Waals surface area contributed by atoms with Crippen LogP contribution in [0.5, 0.6) is 5.75 Å². The van der Waals surface area contributed by atoms with Gasteiger partial charge in [0.25, 0.3) is 5.91 Å². The lowest BCUT2D eigenvalue weighted by molar-refractivity contribution is -0.132. The van der Waals surface area contributed by atoms with E-state index >= 15 is 0 Å². The van der Waals surface area contributed by atoms with Crippen LogP contribution in [-0.2, 0) is 4.79 Å². The van der Waals surface area contributed by atoms with Crippen molar-refractivity contribution in [1.29, 1.82) is 0 Å². The normalized spacial score (nSPS) is 19.9. The van der Waals surface area contributed by atoms with E-state index in [-0.39, 0.29) is 11.8 Å². The summed E-state index contributed by atoms with van der Waals surface area (Å²) in [5.41, 5.74) is 0.640. The number of nitrogens with zero attached hydrogens (tertiary/aromatic N) is 3. The second-order valence-corrected chi connectivity index (χ2v) is 7.79. The van der Waals surface area contributed by atoms with E-state index < -0.39 is 0 Å². The number of nitrogens with one attached hydrogen (secondary N) is 1. The van der Waals surface area contributed by atoms with Crippen LogP contribution in [0, 0.1) is 0 Å². The number of carbonyl (C=O) groups excluding carboxylic acids is 2. The summed E-state index contributed by atoms with van der Waals surface area (Å²) in [5, 5.41) is 3.27. The van der Waals surface area contributed by atoms with Crippen LogP contribution in [0.2, 0.25) is 0 Å². The third kappa shape index (κ3) is 5.70. The lowest BCUT2D eigenvalue weighted by Crippen LogP contribution is -2.48. The van der Waals surface area contributed by atoms with Crippen molar-refractivity contribution in [2.45, 2.75) is 32.2 Å². The van der Waals surface area contributed by atoms with Gasteiger partial charge in [-0.25, -0.2) is 0 Å². The van der Waals surface area contributed by atoms with E-state index in [4.69, 9.17) is 4.74 Å². The van der Waals surface area contributed by atoms with Gasteiger partial charge < -0.3 is 19.9 Å². The first-order valence-corrected chi connectivity index (χ1v) is 10.8. The number of benzene rings is 1. The van der Waals surface area contributed by atoms with Gasteiger partial charge in [0.1, 0.15) is 5.75 Å². The highest BCUT2D eigenvalue weighted by molar-refractivity contribution is 5.94. The van der Waals surface area contributed by atoms with Gasteiger partial charge in [0.05, 0.1) is 7.11 Å². The summed E-state index contributed by atoms with van der Waals surface area (Å²) in [5.74, 6) is 0.858. The first-order chi connectivity index (χ1) is 14.1. The zero-order chi connectivity index (χ0) is 20.6. The molecule has 2 heterocycles. The molecular weight excluding hydrogens is 368 g/mol. The van der Waals surface area contributed by atoms with Crippen LogP contribution in [0.25, 0.3) is 0 Å². The number of likely N-dealkylation sites (tertiary alicyclic amines) is 1. The minimum absolute atomic E-state index is 0.0104. The number of ether oxygens (including phenoxy) is 1. The molecule has 1 atom stereocenters. The first-order valence-electron chi connectivity index (χ1n) is 10.8. The van der Waals surface area contributed by atoms with Crippen molar-refractivity contribution in [3.8, 4) is 5.75 Å². The lowest BCUT2D eigenvalue weighted by atomic mass is 10.1. The molecule has 3 rings (SSSR count). The van der Waals surface area contributed by atoms with E-state index in [9.17, 15) is 9.59 Å². The molecule has 0 spiro atoms. The number of hydrogen-bond donors (Lipinski definition) is 1. The number of rotatable bonds is 8. The number of piperazine rings is 1. The molecule has 0 aliphatic carbocycles. The van der Waals surface area contributed by atoms with E-state index in [1.54, 1.807) is 19.2 Å². The van der Waals surface area contributed by atoms with Crippen molar-refractivity contribution < 1.29 is 14.3 Å². The Kier molecular flexibility index (Phi) is 7.89. The van der Waals surface area contributed by atoms with Crippen LogP contribution in [0.4, 0.5) is 0 Å². The van der Waals surface area contributed by atoms with Gasteiger partial charge in [0.2, 0.25) is 5.91 Å². The van der Waals surface area contributed by atoms with Gasteiger partial charge in [-0.05, 0) is 50.2 Å². The quantitative estimate of drug-likeness (QED) is 0.713. The average Bonchev–Trinajstić information content (AvgIpc) is 3.23. The monoisotopic (exact) mass is 402 g/mol. The fraction of sp³-hybridized carbons (Fsp3) is 0.636. The molecule has 2 aliphatic heterocycles. The summed E-state index contributed by atoms with van der Waals surface area (Å²) in [7, 11) is 1.62. The van der Waals surface area contributed by atoms with Crippen molar-refractivity contribution in [3.05, 3.63) is 29.8 Å². The SMILES string of the molecule is CCN1CCCC1CN(CCC(=O)N1CCNCC1)C(=O)c1ccc(OC)cc1. The van der Waals surface area contributed by atoms with E-state index in [0.717, 1.165) is 51.4 Å². The first kappa shape index (κ1) is 21.6. The summed E-state index contributed by atoms with van der Waals surface area (Å²) in [6.45, 7) is 8.56. The molecular formula is C22H34N4O3. The minimum Gasteiger partial charge on any atom is -0.497 e. The number of likely N-dealkylation sites (N-methyl/N-ethyl adjacent to an activating group) is 1. The Balaban J connectivity index is 1.67. The van der Waals surface area contributed by atoms with Crippen molar-refractivity contribution in [2.75, 3.05) is 59.5 Å². The highest BCUT2D eigenvalue weighted by Crippen LogP contribution is 2.20. The molecule has 29 heavy (non-hydrogen) atoms. The maximum absolute atomic E-state index is 13.2. The summed E-state index contributed by atoms with van der Waals surface area (Å²) < 4.78 is 5.20. The van der Waals surface area contributed by atoms with Crippen molar-refractivity contribution >= 4 is 11.8 Å². The molecule has 0 bridgehead atoms. The van der Waals surface area contributed by atoms with Gasteiger partial charge in [-0.2, -0.15) is 0 Å². The number of methoxy groups -OCH3 is 1. The number of hydrogen-bond acceptors (Lipinski definition) is 5. The number of amides is 2. The van der Waals surface area contributed by atoms with Gasteiger partial charge in [-0.3, -0.25) is 14.5 Å². The second-order valence-electron chi connectivity index (χ2n) is 7.79. The van der Waals surface area contributed by atoms with E-state index in [1.165, 1.54) is 6.42 Å². The molecule has 1 unspecified atom stereocenters. The Morgan fingerprint density at radius 2 is 1.90 bits per heavy atom. The minimum atomic E-state index is -0.0104. The maximum atomic E-state index is 13.2. The van der Waals surface area contributed by atoms with Gasteiger partial charge >= 0.3 is 0 Å². The molecule has 2 amide bonds. The predicted molar refractivity (Wildman–Crippen MR) is 113 cm³/mol. The van der Waals surface area contributed by atoms with E-state index in [2.05, 4.69) is 17.1 Å². The summed E-state index contributed by atoms with van der Waals surface area (Å²) in [6, 6.07) is 7.60. The van der Waals surface area contributed by atoms with Crippen LogP contribution in [0.15, 0.2) is 24.3 Å². The average molecular weight is 403 g/mol. The molecule has 0 saturated carbocycles. The molecule has 2 aliphatic rings. The largest absolute Gasteiger partial charge is 0.497 e. The Hall–Kier alpha value is -2.12. The molecule has 0 aromatic heterocycles. The predicted octanol–water partition coefficient (Wildman–Crippen LogP) is 1.44. The van der Waals surface area contributed by atoms with Crippen molar-refractivity contribution in [2.24, 2.45) is 0 Å². The molecule has 0 radical (unpaired) electrons. The maximum Gasteiger partial charge on any atom is 0.253 e. The Labute approximate surface area is 174 Å².